The van der Waals surface area contributed by atoms with E-state index in [2.05, 4.69) is 27.0 Å². The third-order valence-corrected chi connectivity index (χ3v) is 5.15. The van der Waals surface area contributed by atoms with Crippen LogP contribution in [0.3, 0.4) is 0 Å². The highest BCUT2D eigenvalue weighted by Crippen LogP contribution is 2.19. The van der Waals surface area contributed by atoms with Crippen LogP contribution in [0.25, 0.3) is 0 Å². The zero-order chi connectivity index (χ0) is 17.4. The van der Waals surface area contributed by atoms with E-state index in [1.807, 2.05) is 14.0 Å². The molecule has 0 spiro atoms. The molecular weight excluding hydrogens is 304 g/mol. The molecule has 2 fully saturated rings. The molecule has 2 atom stereocenters. The summed E-state index contributed by atoms with van der Waals surface area (Å²) < 4.78 is 5.19. The zero-order valence-corrected chi connectivity index (χ0v) is 15.6. The summed E-state index contributed by atoms with van der Waals surface area (Å²) in [5, 5.41) is 3.54. The number of piperidine rings is 2. The van der Waals surface area contributed by atoms with Crippen LogP contribution in [-0.2, 0) is 9.53 Å². The molecule has 2 aliphatic heterocycles. The van der Waals surface area contributed by atoms with Crippen molar-refractivity contribution in [1.29, 1.82) is 0 Å². The van der Waals surface area contributed by atoms with Crippen LogP contribution in [-0.4, -0.2) is 74.7 Å². The lowest BCUT2D eigenvalue weighted by molar-refractivity contribution is -0.149. The third-order valence-electron chi connectivity index (χ3n) is 5.15. The zero-order valence-electron chi connectivity index (χ0n) is 15.6. The number of rotatable bonds is 5. The predicted octanol–water partition coefficient (Wildman–Crippen LogP) is 1.57. The van der Waals surface area contributed by atoms with Gasteiger partial charge in [0, 0.05) is 33.2 Å². The van der Waals surface area contributed by atoms with Gasteiger partial charge in [-0.1, -0.05) is 6.92 Å². The highest BCUT2D eigenvalue weighted by molar-refractivity contribution is 5.81. The number of nitrogens with one attached hydrogen (secondary N) is 1. The lowest BCUT2D eigenvalue weighted by Gasteiger charge is -2.36. The number of nitrogens with zero attached hydrogens (tertiary/aromatic N) is 3. The van der Waals surface area contributed by atoms with Crippen LogP contribution in [0.4, 0.5) is 0 Å². The highest BCUT2D eigenvalue weighted by Gasteiger charge is 2.28. The SMILES string of the molecule is CCOC(=O)C1CCCN(C(=NC)NCC2CCCN(CC)C2)C1. The van der Waals surface area contributed by atoms with Gasteiger partial charge in [-0.15, -0.1) is 0 Å². The van der Waals surface area contributed by atoms with E-state index in [0.717, 1.165) is 38.4 Å². The quantitative estimate of drug-likeness (QED) is 0.468. The normalized spacial score (nSPS) is 26.3. The molecule has 2 saturated heterocycles. The molecule has 6 nitrogen and oxygen atoms in total. The van der Waals surface area contributed by atoms with Gasteiger partial charge in [0.15, 0.2) is 5.96 Å². The molecule has 0 aliphatic carbocycles. The second kappa shape index (κ2) is 9.87. The van der Waals surface area contributed by atoms with Crippen molar-refractivity contribution < 1.29 is 9.53 Å². The Labute approximate surface area is 146 Å². The van der Waals surface area contributed by atoms with Crippen LogP contribution in [0.15, 0.2) is 4.99 Å². The van der Waals surface area contributed by atoms with Crippen molar-refractivity contribution in [1.82, 2.24) is 15.1 Å². The standard InChI is InChI=1S/C18H34N4O2/c1-4-21-10-6-8-15(13-21)12-20-18(19-3)22-11-7-9-16(14-22)17(23)24-5-2/h15-16H,4-14H2,1-3H3,(H,19,20). The number of likely N-dealkylation sites (tertiary alicyclic amines) is 2. The number of hydrogen-bond donors (Lipinski definition) is 1. The van der Waals surface area contributed by atoms with Gasteiger partial charge in [0.25, 0.3) is 0 Å². The minimum Gasteiger partial charge on any atom is -0.466 e. The summed E-state index contributed by atoms with van der Waals surface area (Å²) in [6.45, 7) is 10.7. The fraction of sp³-hybridized carbons (Fsp3) is 0.889. The lowest BCUT2D eigenvalue weighted by Crippen LogP contribution is -2.50. The molecule has 138 valence electrons. The van der Waals surface area contributed by atoms with Crippen molar-refractivity contribution in [3.05, 3.63) is 0 Å². The monoisotopic (exact) mass is 338 g/mol. The maximum Gasteiger partial charge on any atom is 0.310 e. The van der Waals surface area contributed by atoms with Crippen molar-refractivity contribution >= 4 is 11.9 Å². The van der Waals surface area contributed by atoms with Crippen LogP contribution in [0.5, 0.6) is 0 Å². The Kier molecular flexibility index (Phi) is 7.82. The second-order valence-corrected chi connectivity index (χ2v) is 6.87. The lowest BCUT2D eigenvalue weighted by atomic mass is 9.97. The number of carbonyl (C=O) groups excluding carboxylic acids is 1. The van der Waals surface area contributed by atoms with Crippen molar-refractivity contribution in [2.75, 3.05) is 52.9 Å². The maximum absolute atomic E-state index is 12.0. The van der Waals surface area contributed by atoms with Crippen molar-refractivity contribution in [2.24, 2.45) is 16.8 Å². The topological polar surface area (TPSA) is 57.2 Å². The van der Waals surface area contributed by atoms with Gasteiger partial charge in [-0.25, -0.2) is 0 Å². The van der Waals surface area contributed by atoms with Gasteiger partial charge < -0.3 is 19.9 Å². The van der Waals surface area contributed by atoms with E-state index in [0.29, 0.717) is 19.1 Å². The third kappa shape index (κ3) is 5.36. The molecule has 2 rings (SSSR count). The summed E-state index contributed by atoms with van der Waals surface area (Å²) in [5.74, 6) is 1.52. The van der Waals surface area contributed by atoms with Gasteiger partial charge in [-0.3, -0.25) is 9.79 Å². The average Bonchev–Trinajstić information content (AvgIpc) is 2.63. The van der Waals surface area contributed by atoms with Crippen LogP contribution < -0.4 is 5.32 Å². The molecule has 24 heavy (non-hydrogen) atoms. The molecular formula is C18H34N4O2. The Hall–Kier alpha value is -1.30. The van der Waals surface area contributed by atoms with Crippen molar-refractivity contribution in [3.63, 3.8) is 0 Å². The molecule has 0 aromatic rings. The minimum atomic E-state index is -0.0662. The summed E-state index contributed by atoms with van der Waals surface area (Å²) in [4.78, 5) is 21.2. The smallest absolute Gasteiger partial charge is 0.310 e. The molecule has 1 N–H and O–H groups in total. The molecule has 0 radical (unpaired) electrons. The van der Waals surface area contributed by atoms with E-state index in [1.54, 1.807) is 0 Å². The first-order valence-electron chi connectivity index (χ1n) is 9.52. The van der Waals surface area contributed by atoms with Gasteiger partial charge in [0.2, 0.25) is 0 Å². The molecule has 6 heteroatoms. The molecule has 2 heterocycles. The molecule has 2 aliphatic rings. The van der Waals surface area contributed by atoms with E-state index in [4.69, 9.17) is 4.74 Å². The van der Waals surface area contributed by atoms with Gasteiger partial charge >= 0.3 is 5.97 Å². The fourth-order valence-corrected chi connectivity index (χ4v) is 3.80. The van der Waals surface area contributed by atoms with Gasteiger partial charge in [0.05, 0.1) is 12.5 Å². The summed E-state index contributed by atoms with van der Waals surface area (Å²) >= 11 is 0. The minimum absolute atomic E-state index is 0.0255. The summed E-state index contributed by atoms with van der Waals surface area (Å²) in [6, 6.07) is 0. The Bertz CT molecular complexity index is 427. The second-order valence-electron chi connectivity index (χ2n) is 6.87. The van der Waals surface area contributed by atoms with E-state index in [9.17, 15) is 4.79 Å². The Morgan fingerprint density at radius 2 is 2.00 bits per heavy atom. The molecule has 0 bridgehead atoms. The van der Waals surface area contributed by atoms with E-state index < -0.39 is 0 Å². The Balaban J connectivity index is 1.83. The number of guanidine groups is 1. The van der Waals surface area contributed by atoms with Crippen LogP contribution in [0.2, 0.25) is 0 Å². The Morgan fingerprint density at radius 3 is 2.71 bits per heavy atom. The highest BCUT2D eigenvalue weighted by atomic mass is 16.5. The van der Waals surface area contributed by atoms with Crippen molar-refractivity contribution in [3.8, 4) is 0 Å². The number of aliphatic imine (C=N–C) groups is 1. The summed E-state index contributed by atoms with van der Waals surface area (Å²) in [7, 11) is 1.83. The number of ether oxygens (including phenoxy) is 1. The number of carbonyl (C=O) groups is 1. The Morgan fingerprint density at radius 1 is 1.21 bits per heavy atom. The molecule has 0 aromatic heterocycles. The predicted molar refractivity (Wildman–Crippen MR) is 97.1 cm³/mol. The molecule has 0 saturated carbocycles. The summed E-state index contributed by atoms with van der Waals surface area (Å²) in [5.41, 5.74) is 0. The van der Waals surface area contributed by atoms with Crippen LogP contribution >= 0.6 is 0 Å². The maximum atomic E-state index is 12.0. The van der Waals surface area contributed by atoms with Gasteiger partial charge in [-0.05, 0) is 51.6 Å². The number of esters is 1. The van der Waals surface area contributed by atoms with Crippen LogP contribution in [0.1, 0.15) is 39.5 Å². The molecule has 0 amide bonds. The van der Waals surface area contributed by atoms with Gasteiger partial charge in [0.1, 0.15) is 0 Å². The van der Waals surface area contributed by atoms with Gasteiger partial charge in [-0.2, -0.15) is 0 Å². The first-order chi connectivity index (χ1) is 11.7. The first kappa shape index (κ1) is 19.0. The fourth-order valence-electron chi connectivity index (χ4n) is 3.80. The summed E-state index contributed by atoms with van der Waals surface area (Å²) in [6.07, 6.45) is 4.50. The molecule has 2 unspecified atom stereocenters. The van der Waals surface area contributed by atoms with E-state index in [-0.39, 0.29) is 11.9 Å². The largest absolute Gasteiger partial charge is 0.466 e. The number of hydrogen-bond acceptors (Lipinski definition) is 4. The van der Waals surface area contributed by atoms with E-state index in [1.165, 1.54) is 25.9 Å². The van der Waals surface area contributed by atoms with E-state index >= 15 is 0 Å². The van der Waals surface area contributed by atoms with Crippen molar-refractivity contribution in [2.45, 2.75) is 39.5 Å². The average molecular weight is 338 g/mol. The van der Waals surface area contributed by atoms with Crippen LogP contribution in [0, 0.1) is 11.8 Å². The molecule has 0 aromatic carbocycles. The first-order valence-corrected chi connectivity index (χ1v) is 9.52.